The molecule has 1 N–H and O–H groups in total. The van der Waals surface area contributed by atoms with Crippen LogP contribution in [0, 0.1) is 0 Å². The first-order valence-corrected chi connectivity index (χ1v) is 7.22. The summed E-state index contributed by atoms with van der Waals surface area (Å²) in [5.41, 5.74) is 2.12. The lowest BCUT2D eigenvalue weighted by atomic mass is 10.1. The number of ether oxygens (including phenoxy) is 1. The first-order valence-electron chi connectivity index (χ1n) is 7.22. The summed E-state index contributed by atoms with van der Waals surface area (Å²) in [5, 5.41) is 3.42. The molecule has 0 fully saturated rings. The van der Waals surface area contributed by atoms with Gasteiger partial charge < -0.3 is 10.1 Å². The lowest BCUT2D eigenvalue weighted by molar-refractivity contribution is 0.123. The molecule has 0 amide bonds. The zero-order valence-corrected chi connectivity index (χ0v) is 13.2. The maximum atomic E-state index is 5.90. The van der Waals surface area contributed by atoms with Gasteiger partial charge in [0.15, 0.2) is 0 Å². The topological polar surface area (TPSA) is 34.1 Å². The fourth-order valence-electron chi connectivity index (χ4n) is 1.76. The lowest BCUT2D eigenvalue weighted by Gasteiger charge is -2.22. The lowest BCUT2D eigenvalue weighted by Crippen LogP contribution is -2.24. The van der Waals surface area contributed by atoms with Crippen LogP contribution in [0.1, 0.15) is 65.1 Å². The summed E-state index contributed by atoms with van der Waals surface area (Å²) in [4.78, 5) is 4.60. The van der Waals surface area contributed by atoms with Crippen LogP contribution in [0.4, 0.5) is 0 Å². The van der Waals surface area contributed by atoms with Crippen LogP contribution in [0.3, 0.4) is 0 Å². The third-order valence-electron chi connectivity index (χ3n) is 2.64. The molecule has 108 valence electrons. The van der Waals surface area contributed by atoms with Crippen LogP contribution in [0.25, 0.3) is 0 Å². The van der Waals surface area contributed by atoms with Gasteiger partial charge in [-0.1, -0.05) is 20.8 Å². The largest absolute Gasteiger partial charge is 0.472 e. The second-order valence-electron chi connectivity index (χ2n) is 6.28. The van der Waals surface area contributed by atoms with E-state index in [1.807, 2.05) is 26.8 Å². The number of nitrogens with one attached hydrogen (secondary N) is 1. The summed E-state index contributed by atoms with van der Waals surface area (Å²) >= 11 is 0. The van der Waals surface area contributed by atoms with Crippen LogP contribution in [-0.2, 0) is 6.54 Å². The van der Waals surface area contributed by atoms with E-state index < -0.39 is 0 Å². The van der Waals surface area contributed by atoms with Crippen molar-refractivity contribution in [2.45, 2.75) is 66.0 Å². The van der Waals surface area contributed by atoms with E-state index in [0.717, 1.165) is 31.1 Å². The molecule has 0 unspecified atom stereocenters. The molecule has 0 saturated heterocycles. The molecular formula is C16H28N2O. The first-order chi connectivity index (χ1) is 8.81. The molecular weight excluding hydrogens is 236 g/mol. The average molecular weight is 264 g/mol. The van der Waals surface area contributed by atoms with Crippen molar-refractivity contribution < 1.29 is 4.74 Å². The third kappa shape index (κ3) is 6.06. The molecule has 19 heavy (non-hydrogen) atoms. The molecule has 0 aliphatic carbocycles. The second-order valence-corrected chi connectivity index (χ2v) is 6.28. The SMILES string of the molecule is CCCNCc1cc(OC(C)(C)C)nc(C(C)C)c1. The summed E-state index contributed by atoms with van der Waals surface area (Å²) in [5.74, 6) is 1.14. The Morgan fingerprint density at radius 1 is 1.26 bits per heavy atom. The Bertz CT molecular complexity index is 394. The number of rotatable bonds is 6. The van der Waals surface area contributed by atoms with Crippen LogP contribution >= 0.6 is 0 Å². The first kappa shape index (κ1) is 16.0. The smallest absolute Gasteiger partial charge is 0.214 e. The zero-order valence-electron chi connectivity index (χ0n) is 13.2. The van der Waals surface area contributed by atoms with Crippen LogP contribution in [-0.4, -0.2) is 17.1 Å². The molecule has 3 heteroatoms. The molecule has 0 atom stereocenters. The Kier molecular flexibility index (Phi) is 5.80. The van der Waals surface area contributed by atoms with E-state index in [-0.39, 0.29) is 5.60 Å². The Labute approximate surface area is 117 Å². The predicted octanol–water partition coefficient (Wildman–Crippen LogP) is 3.88. The quantitative estimate of drug-likeness (QED) is 0.792. The van der Waals surface area contributed by atoms with Crippen molar-refractivity contribution in [3.8, 4) is 5.88 Å². The van der Waals surface area contributed by atoms with Crippen molar-refractivity contribution in [1.29, 1.82) is 0 Å². The molecule has 0 aliphatic heterocycles. The van der Waals surface area contributed by atoms with E-state index in [1.165, 1.54) is 5.56 Å². The van der Waals surface area contributed by atoms with Crippen molar-refractivity contribution in [2.24, 2.45) is 0 Å². The van der Waals surface area contributed by atoms with Crippen LogP contribution < -0.4 is 10.1 Å². The van der Waals surface area contributed by atoms with Crippen molar-refractivity contribution in [2.75, 3.05) is 6.54 Å². The summed E-state index contributed by atoms with van der Waals surface area (Å²) < 4.78 is 5.90. The number of hydrogen-bond donors (Lipinski definition) is 1. The number of hydrogen-bond acceptors (Lipinski definition) is 3. The van der Waals surface area contributed by atoms with E-state index >= 15 is 0 Å². The molecule has 0 radical (unpaired) electrons. The molecule has 0 spiro atoms. The van der Waals surface area contributed by atoms with Gasteiger partial charge in [-0.05, 0) is 51.3 Å². The fraction of sp³-hybridized carbons (Fsp3) is 0.688. The van der Waals surface area contributed by atoms with Gasteiger partial charge in [0.1, 0.15) is 5.60 Å². The molecule has 0 aromatic carbocycles. The van der Waals surface area contributed by atoms with E-state index in [9.17, 15) is 0 Å². The van der Waals surface area contributed by atoms with Gasteiger partial charge >= 0.3 is 0 Å². The van der Waals surface area contributed by atoms with Crippen molar-refractivity contribution >= 4 is 0 Å². The Morgan fingerprint density at radius 3 is 2.47 bits per heavy atom. The third-order valence-corrected chi connectivity index (χ3v) is 2.64. The maximum absolute atomic E-state index is 5.90. The van der Waals surface area contributed by atoms with Gasteiger partial charge in [-0.15, -0.1) is 0 Å². The number of aromatic nitrogens is 1. The normalized spacial score (nSPS) is 11.9. The van der Waals surface area contributed by atoms with Crippen molar-refractivity contribution in [1.82, 2.24) is 10.3 Å². The monoisotopic (exact) mass is 264 g/mol. The van der Waals surface area contributed by atoms with Crippen molar-refractivity contribution in [3.05, 3.63) is 23.4 Å². The standard InChI is InChI=1S/C16H28N2O/c1-7-8-17-11-13-9-14(12(2)3)18-15(10-13)19-16(4,5)6/h9-10,12,17H,7-8,11H2,1-6H3. The summed E-state index contributed by atoms with van der Waals surface area (Å²) in [6.45, 7) is 14.5. The molecule has 1 heterocycles. The Hall–Kier alpha value is -1.09. The van der Waals surface area contributed by atoms with E-state index in [2.05, 4.69) is 37.1 Å². The van der Waals surface area contributed by atoms with Gasteiger partial charge in [0.2, 0.25) is 5.88 Å². The number of nitrogens with zero attached hydrogens (tertiary/aromatic N) is 1. The molecule has 1 aromatic rings. The molecule has 0 aliphatic rings. The Balaban J connectivity index is 2.90. The highest BCUT2D eigenvalue weighted by Crippen LogP contribution is 2.22. The molecule has 3 nitrogen and oxygen atoms in total. The van der Waals surface area contributed by atoms with E-state index in [0.29, 0.717) is 5.92 Å². The molecule has 1 rings (SSSR count). The second kappa shape index (κ2) is 6.90. The maximum Gasteiger partial charge on any atom is 0.214 e. The van der Waals surface area contributed by atoms with E-state index in [1.54, 1.807) is 0 Å². The highest BCUT2D eigenvalue weighted by molar-refractivity contribution is 5.27. The minimum atomic E-state index is -0.212. The summed E-state index contributed by atoms with van der Waals surface area (Å²) in [6.07, 6.45) is 1.15. The van der Waals surface area contributed by atoms with Gasteiger partial charge in [0, 0.05) is 18.3 Å². The molecule has 0 saturated carbocycles. The zero-order chi connectivity index (χ0) is 14.5. The molecule has 0 bridgehead atoms. The minimum Gasteiger partial charge on any atom is -0.472 e. The van der Waals surface area contributed by atoms with E-state index in [4.69, 9.17) is 4.74 Å². The highest BCUT2D eigenvalue weighted by atomic mass is 16.5. The van der Waals surface area contributed by atoms with Crippen molar-refractivity contribution in [3.63, 3.8) is 0 Å². The highest BCUT2D eigenvalue weighted by Gasteiger charge is 2.14. The predicted molar refractivity (Wildman–Crippen MR) is 80.7 cm³/mol. The fourth-order valence-corrected chi connectivity index (χ4v) is 1.76. The van der Waals surface area contributed by atoms with Gasteiger partial charge in [-0.25, -0.2) is 4.98 Å². The Morgan fingerprint density at radius 2 is 1.95 bits per heavy atom. The number of pyridine rings is 1. The summed E-state index contributed by atoms with van der Waals surface area (Å²) in [6, 6.07) is 4.21. The van der Waals surface area contributed by atoms with Crippen LogP contribution in [0.15, 0.2) is 12.1 Å². The van der Waals surface area contributed by atoms with Gasteiger partial charge in [-0.3, -0.25) is 0 Å². The van der Waals surface area contributed by atoms with Crippen LogP contribution in [0.5, 0.6) is 5.88 Å². The molecule has 1 aromatic heterocycles. The average Bonchev–Trinajstić information content (AvgIpc) is 2.26. The minimum absolute atomic E-state index is 0.212. The summed E-state index contributed by atoms with van der Waals surface area (Å²) in [7, 11) is 0. The van der Waals surface area contributed by atoms with Gasteiger partial charge in [-0.2, -0.15) is 0 Å². The van der Waals surface area contributed by atoms with Gasteiger partial charge in [0.25, 0.3) is 0 Å². The van der Waals surface area contributed by atoms with Crippen LogP contribution in [0.2, 0.25) is 0 Å². The van der Waals surface area contributed by atoms with Gasteiger partial charge in [0.05, 0.1) is 0 Å².